The minimum Gasteiger partial charge on any atom is -0.460 e. The molecule has 1 aliphatic rings. The molecule has 1 saturated heterocycles. The molecule has 94 valence electrons. The largest absolute Gasteiger partial charge is 0.460 e. The van der Waals surface area contributed by atoms with Gasteiger partial charge in [0.2, 0.25) is 5.91 Å². The second-order valence-electron chi connectivity index (χ2n) is 4.06. The number of amides is 1. The summed E-state index contributed by atoms with van der Waals surface area (Å²) in [5, 5.41) is 2.45. The number of nitrogens with one attached hydrogen (secondary N) is 1. The molecule has 1 amide bonds. The zero-order chi connectivity index (χ0) is 12.8. The summed E-state index contributed by atoms with van der Waals surface area (Å²) in [5.74, 6) is -0.553. The summed E-state index contributed by atoms with van der Waals surface area (Å²) in [4.78, 5) is 22.5. The molecule has 0 spiro atoms. The van der Waals surface area contributed by atoms with Gasteiger partial charge in [-0.2, -0.15) is 0 Å². The Morgan fingerprint density at radius 1 is 1.47 bits per heavy atom. The van der Waals surface area contributed by atoms with E-state index in [2.05, 4.69) is 5.32 Å². The molecule has 0 aromatic heterocycles. The highest BCUT2D eigenvalue weighted by atomic mass is 16.6. The van der Waals surface area contributed by atoms with Gasteiger partial charge in [0.25, 0.3) is 0 Å². The van der Waals surface area contributed by atoms with Crippen LogP contribution in [0.3, 0.4) is 0 Å². The van der Waals surface area contributed by atoms with Gasteiger partial charge in [0, 0.05) is 25.9 Å². The van der Waals surface area contributed by atoms with Crippen molar-refractivity contribution in [3.63, 3.8) is 0 Å². The molecule has 1 heterocycles. The first-order chi connectivity index (χ1) is 8.06. The Balaban J connectivity index is 2.32. The van der Waals surface area contributed by atoms with Crippen LogP contribution in [0.2, 0.25) is 0 Å². The van der Waals surface area contributed by atoms with Crippen molar-refractivity contribution >= 4 is 19.7 Å². The van der Waals surface area contributed by atoms with E-state index >= 15 is 0 Å². The average Bonchev–Trinajstić information content (AvgIpc) is 2.66. The van der Waals surface area contributed by atoms with E-state index in [1.807, 2.05) is 6.92 Å². The first kappa shape index (κ1) is 14.0. The molecule has 0 bridgehead atoms. The molecule has 0 saturated carbocycles. The van der Waals surface area contributed by atoms with Crippen molar-refractivity contribution in [2.24, 2.45) is 0 Å². The molecule has 3 atom stereocenters. The van der Waals surface area contributed by atoms with E-state index in [0.29, 0.717) is 6.42 Å². The molecular weight excluding hydrogens is 221 g/mol. The van der Waals surface area contributed by atoms with Crippen LogP contribution in [0.1, 0.15) is 32.6 Å². The van der Waals surface area contributed by atoms with Crippen LogP contribution in [0.5, 0.6) is 0 Å². The van der Waals surface area contributed by atoms with Crippen LogP contribution in [-0.4, -0.2) is 45.0 Å². The zero-order valence-corrected chi connectivity index (χ0v) is 10.3. The van der Waals surface area contributed by atoms with Crippen LogP contribution < -0.4 is 5.32 Å². The molecule has 6 heteroatoms. The molecule has 1 rings (SSSR count). The Bertz CT molecular complexity index is 285. The molecule has 2 radical (unpaired) electrons. The summed E-state index contributed by atoms with van der Waals surface area (Å²) in [6.07, 6.45) is 1.08. The summed E-state index contributed by atoms with van der Waals surface area (Å²) in [7, 11) is 7.17. The van der Waals surface area contributed by atoms with Gasteiger partial charge < -0.3 is 14.8 Å². The zero-order valence-electron chi connectivity index (χ0n) is 10.3. The second kappa shape index (κ2) is 6.64. The van der Waals surface area contributed by atoms with Crippen LogP contribution in [0, 0.1) is 0 Å². The number of hydrogen-bond acceptors (Lipinski definition) is 4. The van der Waals surface area contributed by atoms with Crippen molar-refractivity contribution in [2.45, 2.75) is 50.8 Å². The predicted molar refractivity (Wildman–Crippen MR) is 62.5 cm³/mol. The van der Waals surface area contributed by atoms with E-state index in [4.69, 9.17) is 17.3 Å². The molecular formula is C11H18BNO4. The van der Waals surface area contributed by atoms with Crippen LogP contribution in [-0.2, 0) is 19.1 Å². The third kappa shape index (κ3) is 4.38. The fourth-order valence-electron chi connectivity index (χ4n) is 1.80. The highest BCUT2D eigenvalue weighted by molar-refractivity contribution is 6.11. The normalized spacial score (nSPS) is 27.8. The van der Waals surface area contributed by atoms with Gasteiger partial charge in [-0.1, -0.05) is 6.92 Å². The van der Waals surface area contributed by atoms with E-state index in [0.717, 1.165) is 6.42 Å². The highest BCUT2D eigenvalue weighted by Crippen LogP contribution is 2.24. The maximum atomic E-state index is 11.5. The van der Waals surface area contributed by atoms with Crippen molar-refractivity contribution in [3.8, 4) is 0 Å². The van der Waals surface area contributed by atoms with Gasteiger partial charge in [-0.25, -0.2) is 0 Å². The number of esters is 1. The lowest BCUT2D eigenvalue weighted by Crippen LogP contribution is -2.27. The lowest BCUT2D eigenvalue weighted by molar-refractivity contribution is -0.152. The Morgan fingerprint density at radius 2 is 2.18 bits per heavy atom. The van der Waals surface area contributed by atoms with Crippen molar-refractivity contribution < 1.29 is 19.1 Å². The smallest absolute Gasteiger partial charge is 0.306 e. The third-order valence-corrected chi connectivity index (χ3v) is 2.75. The van der Waals surface area contributed by atoms with E-state index < -0.39 is 0 Å². The van der Waals surface area contributed by atoms with Gasteiger partial charge in [-0.3, -0.25) is 9.59 Å². The quantitative estimate of drug-likeness (QED) is 0.546. The fourth-order valence-corrected chi connectivity index (χ4v) is 1.80. The maximum Gasteiger partial charge on any atom is 0.306 e. The summed E-state index contributed by atoms with van der Waals surface area (Å²) in [6.45, 7) is 1.95. The van der Waals surface area contributed by atoms with Crippen LogP contribution in [0.4, 0.5) is 0 Å². The van der Waals surface area contributed by atoms with E-state index in [1.165, 1.54) is 7.05 Å². The number of carbonyl (C=O) groups excluding carboxylic acids is 2. The van der Waals surface area contributed by atoms with E-state index in [9.17, 15) is 9.59 Å². The van der Waals surface area contributed by atoms with Gasteiger partial charge in [0.1, 0.15) is 14.0 Å². The lowest BCUT2D eigenvalue weighted by atomic mass is 9.96. The van der Waals surface area contributed by atoms with Crippen molar-refractivity contribution in [2.75, 3.05) is 7.05 Å². The molecule has 5 nitrogen and oxygen atoms in total. The average molecular weight is 239 g/mol. The van der Waals surface area contributed by atoms with E-state index in [-0.39, 0.29) is 42.9 Å². The topological polar surface area (TPSA) is 64.6 Å². The van der Waals surface area contributed by atoms with Crippen LogP contribution in [0.15, 0.2) is 0 Å². The van der Waals surface area contributed by atoms with Crippen LogP contribution >= 0.6 is 0 Å². The Labute approximate surface area is 103 Å². The summed E-state index contributed by atoms with van der Waals surface area (Å²) in [5.41, 5.74) is 0. The van der Waals surface area contributed by atoms with Gasteiger partial charge in [-0.05, 0) is 6.42 Å². The lowest BCUT2D eigenvalue weighted by Gasteiger charge is -2.17. The molecule has 1 N–H and O–H groups in total. The second-order valence-corrected chi connectivity index (χ2v) is 4.06. The third-order valence-electron chi connectivity index (χ3n) is 2.75. The highest BCUT2D eigenvalue weighted by Gasteiger charge is 2.34. The number of ether oxygens (including phenoxy) is 2. The SMILES string of the molecule is [B][C@H]1C[C@@H](OC(=O)CCC(=O)NC)[C@@H](CC)O1. The van der Waals surface area contributed by atoms with Gasteiger partial charge in [0.05, 0.1) is 12.5 Å². The summed E-state index contributed by atoms with van der Waals surface area (Å²) in [6, 6.07) is -0.364. The molecule has 0 unspecified atom stereocenters. The molecule has 0 aliphatic carbocycles. The Morgan fingerprint density at radius 3 is 2.76 bits per heavy atom. The van der Waals surface area contributed by atoms with Crippen molar-refractivity contribution in [1.82, 2.24) is 5.32 Å². The summed E-state index contributed by atoms with van der Waals surface area (Å²) >= 11 is 0. The van der Waals surface area contributed by atoms with Crippen molar-refractivity contribution in [3.05, 3.63) is 0 Å². The van der Waals surface area contributed by atoms with Gasteiger partial charge in [-0.15, -0.1) is 0 Å². The van der Waals surface area contributed by atoms with Gasteiger partial charge >= 0.3 is 5.97 Å². The molecule has 1 aliphatic heterocycles. The van der Waals surface area contributed by atoms with E-state index in [1.54, 1.807) is 0 Å². The first-order valence-corrected chi connectivity index (χ1v) is 5.88. The standard InChI is InChI=1S/C11H18BNO4/c1-3-7-8(6-9(12)16-7)17-11(15)5-4-10(14)13-2/h7-9H,3-6H2,1-2H3,(H,13,14)/t7-,8-,9-/m1/s1. The Hall–Kier alpha value is -1.04. The molecule has 0 aromatic carbocycles. The maximum absolute atomic E-state index is 11.5. The molecule has 1 fully saturated rings. The first-order valence-electron chi connectivity index (χ1n) is 5.88. The van der Waals surface area contributed by atoms with Crippen LogP contribution in [0.25, 0.3) is 0 Å². The predicted octanol–water partition coefficient (Wildman–Crippen LogP) is 0.118. The number of rotatable bonds is 5. The fraction of sp³-hybridized carbons (Fsp3) is 0.818. The van der Waals surface area contributed by atoms with Crippen molar-refractivity contribution in [1.29, 1.82) is 0 Å². The molecule has 0 aromatic rings. The minimum atomic E-state index is -0.380. The monoisotopic (exact) mass is 239 g/mol. The minimum absolute atomic E-state index is 0.0852. The van der Waals surface area contributed by atoms with Gasteiger partial charge in [0.15, 0.2) is 0 Å². The Kier molecular flexibility index (Phi) is 5.48. The molecule has 17 heavy (non-hydrogen) atoms. The number of hydrogen-bond donors (Lipinski definition) is 1. The number of carbonyl (C=O) groups is 2. The summed E-state index contributed by atoms with van der Waals surface area (Å²) < 4.78 is 10.6.